The molecule has 0 unspecified atom stereocenters. The minimum atomic E-state index is -0.560. The van der Waals surface area contributed by atoms with Crippen molar-refractivity contribution >= 4 is 11.3 Å². The summed E-state index contributed by atoms with van der Waals surface area (Å²) >= 11 is 1.63. The lowest BCUT2D eigenvalue weighted by molar-refractivity contribution is -0.1000. The van der Waals surface area contributed by atoms with Gasteiger partial charge in [0, 0.05) is 19.6 Å². The number of hydrogen-bond donors (Lipinski definition) is 1. The van der Waals surface area contributed by atoms with Gasteiger partial charge in [-0.2, -0.15) is 0 Å². The first-order valence-corrected chi connectivity index (χ1v) is 8.68. The second-order valence-corrected chi connectivity index (χ2v) is 8.13. The van der Waals surface area contributed by atoms with Crippen molar-refractivity contribution in [2.75, 3.05) is 13.1 Å². The highest BCUT2D eigenvalue weighted by atomic mass is 32.1. The minimum absolute atomic E-state index is 0.0701. The largest absolute Gasteiger partial charge is 0.444 e. The Morgan fingerprint density at radius 1 is 1.36 bits per heavy atom. The third kappa shape index (κ3) is 3.12. The van der Waals surface area contributed by atoms with Gasteiger partial charge in [0.25, 0.3) is 0 Å². The standard InChI is InChI=1S/C17H24N2O2S/c1-16(2,3)17(20)6-8-19(9-7-17)11-13-12-21-15(18-13)14-5-4-10-22-14/h4-5,10,12,20H,6-9,11H2,1-3H3. The first kappa shape index (κ1) is 15.7. The molecular formula is C17H24N2O2S. The summed E-state index contributed by atoms with van der Waals surface area (Å²) in [5.74, 6) is 0.702. The Kier molecular flexibility index (Phi) is 4.14. The second-order valence-electron chi connectivity index (χ2n) is 7.18. The average Bonchev–Trinajstić information content (AvgIpc) is 3.11. The zero-order valence-electron chi connectivity index (χ0n) is 13.5. The quantitative estimate of drug-likeness (QED) is 0.935. The normalized spacial score (nSPS) is 19.5. The molecule has 2 aromatic rings. The molecule has 3 rings (SSSR count). The van der Waals surface area contributed by atoms with E-state index in [0.29, 0.717) is 5.89 Å². The fourth-order valence-corrected chi connectivity index (χ4v) is 3.61. The van der Waals surface area contributed by atoms with Crippen LogP contribution in [0.1, 0.15) is 39.3 Å². The molecule has 120 valence electrons. The van der Waals surface area contributed by atoms with Crippen LogP contribution in [0.4, 0.5) is 0 Å². The van der Waals surface area contributed by atoms with Crippen LogP contribution < -0.4 is 0 Å². The van der Waals surface area contributed by atoms with Crippen LogP contribution >= 0.6 is 11.3 Å². The molecule has 1 N–H and O–H groups in total. The molecule has 0 spiro atoms. The fourth-order valence-electron chi connectivity index (χ4n) is 2.95. The topological polar surface area (TPSA) is 49.5 Å². The number of nitrogens with zero attached hydrogens (tertiary/aromatic N) is 2. The van der Waals surface area contributed by atoms with E-state index in [-0.39, 0.29) is 5.41 Å². The Bertz CT molecular complexity index is 605. The Balaban J connectivity index is 1.60. The Hall–Kier alpha value is -1.17. The van der Waals surface area contributed by atoms with E-state index in [0.717, 1.165) is 43.0 Å². The number of piperidine rings is 1. The smallest absolute Gasteiger partial charge is 0.236 e. The van der Waals surface area contributed by atoms with Crippen LogP contribution in [0, 0.1) is 5.41 Å². The maximum Gasteiger partial charge on any atom is 0.236 e. The van der Waals surface area contributed by atoms with E-state index < -0.39 is 5.60 Å². The van der Waals surface area contributed by atoms with E-state index >= 15 is 0 Å². The maximum absolute atomic E-state index is 10.8. The van der Waals surface area contributed by atoms with Gasteiger partial charge in [-0.25, -0.2) is 4.98 Å². The first-order chi connectivity index (χ1) is 10.4. The summed E-state index contributed by atoms with van der Waals surface area (Å²) in [7, 11) is 0. The first-order valence-electron chi connectivity index (χ1n) is 7.80. The van der Waals surface area contributed by atoms with Crippen LogP contribution in [0.25, 0.3) is 10.8 Å². The molecule has 0 bridgehead atoms. The molecular weight excluding hydrogens is 296 g/mol. The molecule has 0 atom stereocenters. The van der Waals surface area contributed by atoms with E-state index in [2.05, 4.69) is 30.7 Å². The average molecular weight is 320 g/mol. The van der Waals surface area contributed by atoms with Gasteiger partial charge in [-0.3, -0.25) is 4.90 Å². The third-order valence-electron chi connectivity index (χ3n) is 4.75. The summed E-state index contributed by atoms with van der Waals surface area (Å²) in [6, 6.07) is 4.02. The Labute approximate surface area is 135 Å². The SMILES string of the molecule is CC(C)(C)C1(O)CCN(Cc2coc(-c3cccs3)n2)CC1. The van der Waals surface area contributed by atoms with Gasteiger partial charge in [0.1, 0.15) is 6.26 Å². The van der Waals surface area contributed by atoms with Gasteiger partial charge in [-0.15, -0.1) is 11.3 Å². The summed E-state index contributed by atoms with van der Waals surface area (Å²) in [4.78, 5) is 7.98. The second kappa shape index (κ2) is 5.80. The van der Waals surface area contributed by atoms with E-state index in [1.165, 1.54) is 0 Å². The Morgan fingerprint density at radius 3 is 2.68 bits per heavy atom. The molecule has 3 heterocycles. The number of hydrogen-bond acceptors (Lipinski definition) is 5. The number of aliphatic hydroxyl groups is 1. The van der Waals surface area contributed by atoms with Gasteiger partial charge < -0.3 is 9.52 Å². The molecule has 1 aliphatic heterocycles. The van der Waals surface area contributed by atoms with E-state index in [4.69, 9.17) is 4.42 Å². The fraction of sp³-hybridized carbons (Fsp3) is 0.588. The third-order valence-corrected chi connectivity index (χ3v) is 5.61. The van der Waals surface area contributed by atoms with Gasteiger partial charge in [-0.1, -0.05) is 26.8 Å². The molecule has 0 radical (unpaired) electrons. The van der Waals surface area contributed by atoms with Gasteiger partial charge in [0.2, 0.25) is 5.89 Å². The van der Waals surface area contributed by atoms with Gasteiger partial charge in [-0.05, 0) is 29.7 Å². The number of oxazole rings is 1. The van der Waals surface area contributed by atoms with Crippen molar-refractivity contribution in [1.29, 1.82) is 0 Å². The van der Waals surface area contributed by atoms with Crippen LogP contribution in [-0.2, 0) is 6.54 Å². The number of rotatable bonds is 3. The highest BCUT2D eigenvalue weighted by molar-refractivity contribution is 7.13. The van der Waals surface area contributed by atoms with Crippen molar-refractivity contribution in [3.8, 4) is 10.8 Å². The maximum atomic E-state index is 10.8. The lowest BCUT2D eigenvalue weighted by Gasteiger charge is -2.46. The molecule has 4 nitrogen and oxygen atoms in total. The van der Waals surface area contributed by atoms with Crippen molar-refractivity contribution in [3.63, 3.8) is 0 Å². The monoisotopic (exact) mass is 320 g/mol. The summed E-state index contributed by atoms with van der Waals surface area (Å²) < 4.78 is 5.57. The lowest BCUT2D eigenvalue weighted by Crippen LogP contribution is -2.51. The number of thiophene rings is 1. The lowest BCUT2D eigenvalue weighted by atomic mass is 9.71. The summed E-state index contributed by atoms with van der Waals surface area (Å²) in [6.45, 7) is 8.94. The molecule has 0 aliphatic carbocycles. The zero-order chi connectivity index (χ0) is 15.8. The van der Waals surface area contributed by atoms with E-state index in [9.17, 15) is 5.11 Å². The molecule has 22 heavy (non-hydrogen) atoms. The highest BCUT2D eigenvalue weighted by Crippen LogP contribution is 2.38. The molecule has 0 aromatic carbocycles. The molecule has 1 aliphatic rings. The van der Waals surface area contributed by atoms with E-state index in [1.54, 1.807) is 17.6 Å². The zero-order valence-corrected chi connectivity index (χ0v) is 14.3. The van der Waals surface area contributed by atoms with Crippen LogP contribution in [0.5, 0.6) is 0 Å². The Morgan fingerprint density at radius 2 is 2.09 bits per heavy atom. The summed E-state index contributed by atoms with van der Waals surface area (Å²) in [5.41, 5.74) is 0.332. The van der Waals surface area contributed by atoms with Gasteiger partial charge >= 0.3 is 0 Å². The summed E-state index contributed by atoms with van der Waals surface area (Å²) in [5, 5.41) is 12.8. The minimum Gasteiger partial charge on any atom is -0.444 e. The van der Waals surface area contributed by atoms with Gasteiger partial charge in [0.05, 0.1) is 16.2 Å². The summed E-state index contributed by atoms with van der Waals surface area (Å²) in [6.07, 6.45) is 3.37. The van der Waals surface area contributed by atoms with Crippen LogP contribution in [0.2, 0.25) is 0 Å². The van der Waals surface area contributed by atoms with Crippen molar-refractivity contribution in [3.05, 3.63) is 29.5 Å². The van der Waals surface area contributed by atoms with Crippen LogP contribution in [-0.4, -0.2) is 33.7 Å². The van der Waals surface area contributed by atoms with Crippen molar-refractivity contribution in [2.24, 2.45) is 5.41 Å². The van der Waals surface area contributed by atoms with Crippen molar-refractivity contribution in [1.82, 2.24) is 9.88 Å². The van der Waals surface area contributed by atoms with Crippen molar-refractivity contribution < 1.29 is 9.52 Å². The highest BCUT2D eigenvalue weighted by Gasteiger charge is 2.42. The van der Waals surface area contributed by atoms with E-state index in [1.807, 2.05) is 17.5 Å². The predicted octanol–water partition coefficient (Wildman–Crippen LogP) is 3.78. The predicted molar refractivity (Wildman–Crippen MR) is 88.7 cm³/mol. The molecule has 5 heteroatoms. The van der Waals surface area contributed by atoms with Crippen LogP contribution in [0.15, 0.2) is 28.2 Å². The molecule has 0 amide bonds. The molecule has 0 saturated carbocycles. The molecule has 1 saturated heterocycles. The van der Waals surface area contributed by atoms with Crippen molar-refractivity contribution in [2.45, 2.75) is 45.8 Å². The number of likely N-dealkylation sites (tertiary alicyclic amines) is 1. The molecule has 2 aromatic heterocycles. The van der Waals surface area contributed by atoms with Crippen LogP contribution in [0.3, 0.4) is 0 Å². The molecule has 1 fully saturated rings. The van der Waals surface area contributed by atoms with Gasteiger partial charge in [0.15, 0.2) is 0 Å². The number of aromatic nitrogens is 1.